The summed E-state index contributed by atoms with van der Waals surface area (Å²) >= 11 is 0. The highest BCUT2D eigenvalue weighted by Crippen LogP contribution is 2.17. The Morgan fingerprint density at radius 1 is 1.09 bits per heavy atom. The van der Waals surface area contributed by atoms with Crippen molar-refractivity contribution in [2.75, 3.05) is 7.11 Å². The molecule has 0 aliphatic rings. The molecule has 23 heavy (non-hydrogen) atoms. The molecule has 0 fully saturated rings. The number of amides is 1. The van der Waals surface area contributed by atoms with Gasteiger partial charge in [0, 0.05) is 10.9 Å². The lowest BCUT2D eigenvalue weighted by molar-refractivity contribution is 0.0977. The van der Waals surface area contributed by atoms with Gasteiger partial charge in [0.25, 0.3) is 15.9 Å². The molecule has 7 heteroatoms. The number of fused-ring (bicyclic) bond motifs is 1. The Labute approximate surface area is 133 Å². The van der Waals surface area contributed by atoms with Crippen molar-refractivity contribution in [3.8, 4) is 5.75 Å². The first-order valence-corrected chi connectivity index (χ1v) is 8.27. The summed E-state index contributed by atoms with van der Waals surface area (Å²) in [4.78, 5) is 15.1. The molecule has 118 valence electrons. The number of H-pyrrole nitrogens is 1. The summed E-state index contributed by atoms with van der Waals surface area (Å²) in [6.07, 6.45) is 0. The van der Waals surface area contributed by atoms with Crippen molar-refractivity contribution in [3.05, 3.63) is 60.3 Å². The Balaban J connectivity index is 1.85. The average Bonchev–Trinajstić information content (AvgIpc) is 2.99. The van der Waals surface area contributed by atoms with E-state index in [9.17, 15) is 13.2 Å². The third kappa shape index (κ3) is 3.04. The summed E-state index contributed by atoms with van der Waals surface area (Å²) in [5.41, 5.74) is 0.947. The fraction of sp³-hybridized carbons (Fsp3) is 0.0625. The van der Waals surface area contributed by atoms with Crippen LogP contribution in [0.5, 0.6) is 5.75 Å². The first kappa shape index (κ1) is 15.1. The lowest BCUT2D eigenvalue weighted by atomic mass is 10.2. The molecule has 1 aromatic heterocycles. The van der Waals surface area contributed by atoms with Crippen molar-refractivity contribution in [1.29, 1.82) is 0 Å². The van der Waals surface area contributed by atoms with Crippen molar-refractivity contribution < 1.29 is 17.9 Å². The molecule has 2 N–H and O–H groups in total. The van der Waals surface area contributed by atoms with Crippen LogP contribution in [0.3, 0.4) is 0 Å². The normalized spacial score (nSPS) is 11.3. The van der Waals surface area contributed by atoms with Crippen molar-refractivity contribution in [1.82, 2.24) is 9.71 Å². The summed E-state index contributed by atoms with van der Waals surface area (Å²) in [5, 5.41) is 0.833. The summed E-state index contributed by atoms with van der Waals surface area (Å²) in [6, 6.07) is 14.7. The molecule has 0 spiro atoms. The number of nitrogens with one attached hydrogen (secondary N) is 2. The van der Waals surface area contributed by atoms with E-state index in [1.165, 1.54) is 31.4 Å². The molecule has 0 saturated heterocycles. The van der Waals surface area contributed by atoms with Crippen LogP contribution in [-0.4, -0.2) is 26.4 Å². The van der Waals surface area contributed by atoms with E-state index in [1.807, 2.05) is 29.0 Å². The second-order valence-electron chi connectivity index (χ2n) is 4.88. The van der Waals surface area contributed by atoms with Gasteiger partial charge in [-0.25, -0.2) is 13.1 Å². The Bertz CT molecular complexity index is 926. The maximum atomic E-state index is 12.2. The average molecular weight is 330 g/mol. The molecule has 0 saturated carbocycles. The number of benzene rings is 2. The van der Waals surface area contributed by atoms with Gasteiger partial charge >= 0.3 is 0 Å². The number of hydrogen-bond donors (Lipinski definition) is 2. The Hall–Kier alpha value is -2.80. The SMILES string of the molecule is COc1ccc(S(=O)(=O)NC(=O)c2cc3ccccc3[nH]2)cc1. The number of carbonyl (C=O) groups excluding carboxylic acids is 1. The zero-order valence-electron chi connectivity index (χ0n) is 12.2. The molecule has 0 radical (unpaired) electrons. The Kier molecular flexibility index (Phi) is 3.79. The minimum absolute atomic E-state index is 0.0113. The van der Waals surface area contributed by atoms with Crippen molar-refractivity contribution in [2.45, 2.75) is 4.90 Å². The number of ether oxygens (including phenoxy) is 1. The number of para-hydroxylation sites is 1. The molecule has 0 unspecified atom stereocenters. The summed E-state index contributed by atoms with van der Waals surface area (Å²) in [6.45, 7) is 0. The van der Waals surface area contributed by atoms with Crippen LogP contribution in [-0.2, 0) is 10.0 Å². The second-order valence-corrected chi connectivity index (χ2v) is 6.56. The number of sulfonamides is 1. The van der Waals surface area contributed by atoms with Crippen LogP contribution in [0.1, 0.15) is 10.5 Å². The molecule has 0 aliphatic heterocycles. The van der Waals surface area contributed by atoms with Crippen LogP contribution in [0.25, 0.3) is 10.9 Å². The van der Waals surface area contributed by atoms with E-state index in [0.29, 0.717) is 5.75 Å². The van der Waals surface area contributed by atoms with E-state index < -0.39 is 15.9 Å². The number of aromatic amines is 1. The molecule has 6 nitrogen and oxygen atoms in total. The van der Waals surface area contributed by atoms with Gasteiger partial charge in [-0.1, -0.05) is 18.2 Å². The molecule has 2 aromatic carbocycles. The third-order valence-corrected chi connectivity index (χ3v) is 4.72. The van der Waals surface area contributed by atoms with E-state index >= 15 is 0 Å². The molecule has 3 aromatic rings. The molecule has 0 atom stereocenters. The fourth-order valence-corrected chi connectivity index (χ4v) is 3.15. The van der Waals surface area contributed by atoms with Crippen molar-refractivity contribution in [2.24, 2.45) is 0 Å². The van der Waals surface area contributed by atoms with Crippen LogP contribution < -0.4 is 9.46 Å². The van der Waals surface area contributed by atoms with Crippen molar-refractivity contribution >= 4 is 26.8 Å². The predicted molar refractivity (Wildman–Crippen MR) is 85.9 cm³/mol. The quantitative estimate of drug-likeness (QED) is 0.768. The minimum atomic E-state index is -3.95. The number of hydrogen-bond acceptors (Lipinski definition) is 4. The van der Waals surface area contributed by atoms with E-state index in [-0.39, 0.29) is 10.6 Å². The van der Waals surface area contributed by atoms with Gasteiger partial charge in [-0.15, -0.1) is 0 Å². The Morgan fingerprint density at radius 3 is 2.43 bits per heavy atom. The second kappa shape index (κ2) is 5.77. The summed E-state index contributed by atoms with van der Waals surface area (Å²) < 4.78 is 31.5. The van der Waals surface area contributed by atoms with Gasteiger partial charge in [0.05, 0.1) is 12.0 Å². The van der Waals surface area contributed by atoms with E-state index in [2.05, 4.69) is 4.98 Å². The van der Waals surface area contributed by atoms with Crippen LogP contribution in [0.2, 0.25) is 0 Å². The Morgan fingerprint density at radius 2 is 1.78 bits per heavy atom. The van der Waals surface area contributed by atoms with Crippen LogP contribution in [0.4, 0.5) is 0 Å². The molecule has 1 heterocycles. The monoisotopic (exact) mass is 330 g/mol. The minimum Gasteiger partial charge on any atom is -0.497 e. The van der Waals surface area contributed by atoms with E-state index in [0.717, 1.165) is 10.9 Å². The van der Waals surface area contributed by atoms with Gasteiger partial charge in [-0.05, 0) is 36.4 Å². The highest BCUT2D eigenvalue weighted by Gasteiger charge is 2.20. The van der Waals surface area contributed by atoms with Gasteiger partial charge in [0.2, 0.25) is 0 Å². The summed E-state index contributed by atoms with van der Waals surface area (Å²) in [5.74, 6) is -0.178. The maximum absolute atomic E-state index is 12.2. The number of methoxy groups -OCH3 is 1. The smallest absolute Gasteiger partial charge is 0.281 e. The molecule has 1 amide bonds. The maximum Gasteiger partial charge on any atom is 0.281 e. The van der Waals surface area contributed by atoms with Gasteiger partial charge in [0.1, 0.15) is 11.4 Å². The van der Waals surface area contributed by atoms with Gasteiger partial charge < -0.3 is 9.72 Å². The zero-order chi connectivity index (χ0) is 16.4. The van der Waals surface area contributed by atoms with Crippen LogP contribution >= 0.6 is 0 Å². The van der Waals surface area contributed by atoms with Gasteiger partial charge in [0.15, 0.2) is 0 Å². The zero-order valence-corrected chi connectivity index (χ0v) is 13.1. The molecule has 0 aliphatic carbocycles. The van der Waals surface area contributed by atoms with E-state index in [4.69, 9.17) is 4.74 Å². The topological polar surface area (TPSA) is 88.3 Å². The number of aromatic nitrogens is 1. The molecule has 3 rings (SSSR count). The molecule has 0 bridgehead atoms. The predicted octanol–water partition coefficient (Wildman–Crippen LogP) is 2.30. The van der Waals surface area contributed by atoms with Crippen molar-refractivity contribution in [3.63, 3.8) is 0 Å². The van der Waals surface area contributed by atoms with Gasteiger partial charge in [-0.3, -0.25) is 4.79 Å². The van der Waals surface area contributed by atoms with Crippen LogP contribution in [0.15, 0.2) is 59.5 Å². The highest BCUT2D eigenvalue weighted by atomic mass is 32.2. The van der Waals surface area contributed by atoms with Crippen LogP contribution in [0, 0.1) is 0 Å². The molecular weight excluding hydrogens is 316 g/mol. The first-order chi connectivity index (χ1) is 11.0. The largest absolute Gasteiger partial charge is 0.497 e. The lowest BCUT2D eigenvalue weighted by Crippen LogP contribution is -2.30. The van der Waals surface area contributed by atoms with Gasteiger partial charge in [-0.2, -0.15) is 0 Å². The summed E-state index contributed by atoms with van der Waals surface area (Å²) in [7, 11) is -2.46. The standard InChI is InChI=1S/C16H14N2O4S/c1-22-12-6-8-13(9-7-12)23(20,21)18-16(19)15-10-11-4-2-3-5-14(11)17-15/h2-10,17H,1H3,(H,18,19). The molecular formula is C16H14N2O4S. The highest BCUT2D eigenvalue weighted by molar-refractivity contribution is 7.90. The first-order valence-electron chi connectivity index (χ1n) is 6.78. The lowest BCUT2D eigenvalue weighted by Gasteiger charge is -2.06. The third-order valence-electron chi connectivity index (χ3n) is 3.37. The fourth-order valence-electron chi connectivity index (χ4n) is 2.19. The van der Waals surface area contributed by atoms with E-state index in [1.54, 1.807) is 6.07 Å². The number of carbonyl (C=O) groups is 1. The number of rotatable bonds is 4.